The van der Waals surface area contributed by atoms with Gasteiger partial charge in [-0.3, -0.25) is 4.79 Å². The Morgan fingerprint density at radius 1 is 1.41 bits per heavy atom. The van der Waals surface area contributed by atoms with Crippen LogP contribution in [0.5, 0.6) is 0 Å². The van der Waals surface area contributed by atoms with Gasteiger partial charge < -0.3 is 14.2 Å². The first-order valence-electron chi connectivity index (χ1n) is 7.79. The summed E-state index contributed by atoms with van der Waals surface area (Å²) in [5.41, 5.74) is 1.97. The molecule has 0 fully saturated rings. The third-order valence-corrected chi connectivity index (χ3v) is 3.89. The minimum atomic E-state index is -0.268. The molecule has 1 atom stereocenters. The molecule has 2 rings (SSSR count). The minimum Gasteiger partial charge on any atom is -0.383 e. The van der Waals surface area contributed by atoms with Gasteiger partial charge in [-0.25, -0.2) is 4.98 Å². The van der Waals surface area contributed by atoms with Gasteiger partial charge in [0.1, 0.15) is 11.9 Å². The summed E-state index contributed by atoms with van der Waals surface area (Å²) in [5, 5.41) is 0. The number of carbonyl (C=O) groups is 1. The van der Waals surface area contributed by atoms with Gasteiger partial charge in [0, 0.05) is 27.1 Å². The van der Waals surface area contributed by atoms with E-state index in [2.05, 4.69) is 11.5 Å². The third-order valence-electron chi connectivity index (χ3n) is 3.89. The molecule has 5 heteroatoms. The van der Waals surface area contributed by atoms with E-state index in [0.717, 1.165) is 29.7 Å². The molecule has 0 saturated heterocycles. The number of methoxy groups -OCH3 is 1. The van der Waals surface area contributed by atoms with Gasteiger partial charge in [0.2, 0.25) is 5.91 Å². The number of aromatic nitrogens is 2. The summed E-state index contributed by atoms with van der Waals surface area (Å²) >= 11 is 0. The van der Waals surface area contributed by atoms with Crippen molar-refractivity contribution in [1.82, 2.24) is 14.5 Å². The van der Waals surface area contributed by atoms with Crippen molar-refractivity contribution in [2.24, 2.45) is 0 Å². The van der Waals surface area contributed by atoms with Crippen LogP contribution in [0.2, 0.25) is 0 Å². The summed E-state index contributed by atoms with van der Waals surface area (Å²) < 4.78 is 7.13. The number of likely N-dealkylation sites (N-methyl/N-ethyl adjacent to an activating group) is 1. The summed E-state index contributed by atoms with van der Waals surface area (Å²) in [6.07, 6.45) is 1.87. The summed E-state index contributed by atoms with van der Waals surface area (Å²) in [5.74, 6) is 1.06. The number of imidazole rings is 1. The molecule has 0 radical (unpaired) electrons. The number of amides is 1. The Bertz CT molecular complexity index is 636. The Kier molecular flexibility index (Phi) is 5.55. The first kappa shape index (κ1) is 16.5. The highest BCUT2D eigenvalue weighted by molar-refractivity contribution is 5.84. The van der Waals surface area contributed by atoms with Gasteiger partial charge in [-0.15, -0.1) is 0 Å². The third kappa shape index (κ3) is 3.30. The molecule has 0 bridgehead atoms. The van der Waals surface area contributed by atoms with Crippen LogP contribution < -0.4 is 0 Å². The molecule has 5 nitrogen and oxygen atoms in total. The Morgan fingerprint density at radius 2 is 2.14 bits per heavy atom. The normalized spacial score (nSPS) is 12.5. The highest BCUT2D eigenvalue weighted by atomic mass is 16.5. The molecule has 0 unspecified atom stereocenters. The van der Waals surface area contributed by atoms with E-state index in [-0.39, 0.29) is 11.9 Å². The summed E-state index contributed by atoms with van der Waals surface area (Å²) in [4.78, 5) is 19.1. The number of fused-ring (bicyclic) bond motifs is 1. The number of ether oxygens (including phenoxy) is 1. The highest BCUT2D eigenvalue weighted by Gasteiger charge is 2.23. The van der Waals surface area contributed by atoms with Crippen molar-refractivity contribution in [3.63, 3.8) is 0 Å². The molecule has 0 aliphatic rings. The van der Waals surface area contributed by atoms with Gasteiger partial charge in [-0.1, -0.05) is 19.1 Å². The number of rotatable bonds is 7. The van der Waals surface area contributed by atoms with Crippen LogP contribution in [0.1, 0.15) is 32.1 Å². The van der Waals surface area contributed by atoms with Crippen molar-refractivity contribution in [3.8, 4) is 0 Å². The lowest BCUT2D eigenvalue weighted by molar-refractivity contribution is -0.133. The van der Waals surface area contributed by atoms with Crippen molar-refractivity contribution in [3.05, 3.63) is 30.1 Å². The van der Waals surface area contributed by atoms with Gasteiger partial charge in [0.15, 0.2) is 0 Å². The van der Waals surface area contributed by atoms with Crippen molar-refractivity contribution >= 4 is 16.9 Å². The predicted octanol–water partition coefficient (Wildman–Crippen LogP) is 2.65. The van der Waals surface area contributed by atoms with E-state index in [4.69, 9.17) is 9.72 Å². The maximum atomic E-state index is 12.7. The first-order chi connectivity index (χ1) is 10.6. The maximum Gasteiger partial charge on any atom is 0.245 e. The number of nitrogens with zero attached hydrogens (tertiary/aromatic N) is 3. The number of aryl methyl sites for hydroxylation is 1. The standard InChI is InChI=1S/C17H25N3O2/c1-5-8-16-18-14-9-6-7-10-15(14)20(16)13(2)17(21)19(3)11-12-22-4/h6-7,9-10,13H,5,8,11-12H2,1-4H3/t13-/m1/s1. The summed E-state index contributed by atoms with van der Waals surface area (Å²) in [7, 11) is 3.46. The fraction of sp³-hybridized carbons (Fsp3) is 0.529. The van der Waals surface area contributed by atoms with Crippen molar-refractivity contribution in [2.75, 3.05) is 27.3 Å². The Morgan fingerprint density at radius 3 is 2.82 bits per heavy atom. The molecule has 0 N–H and O–H groups in total. The lowest BCUT2D eigenvalue weighted by atomic mass is 10.2. The minimum absolute atomic E-state index is 0.0811. The van der Waals surface area contributed by atoms with Crippen molar-refractivity contribution in [2.45, 2.75) is 32.7 Å². The quantitative estimate of drug-likeness (QED) is 0.790. The second-order valence-electron chi connectivity index (χ2n) is 5.57. The van der Waals surface area contributed by atoms with Gasteiger partial charge in [0.05, 0.1) is 17.6 Å². The van der Waals surface area contributed by atoms with Crippen LogP contribution in [0.4, 0.5) is 0 Å². The second kappa shape index (κ2) is 7.40. The van der Waals surface area contributed by atoms with Crippen molar-refractivity contribution in [1.29, 1.82) is 0 Å². The fourth-order valence-electron chi connectivity index (χ4n) is 2.69. The molecule has 0 spiro atoms. The molecular weight excluding hydrogens is 278 g/mol. The average molecular weight is 303 g/mol. The number of benzene rings is 1. The number of carbonyl (C=O) groups excluding carboxylic acids is 1. The molecule has 1 amide bonds. The Balaban J connectivity index is 2.35. The fourth-order valence-corrected chi connectivity index (χ4v) is 2.69. The molecule has 0 aliphatic carbocycles. The molecule has 120 valence electrons. The predicted molar refractivity (Wildman–Crippen MR) is 88.0 cm³/mol. The summed E-state index contributed by atoms with van der Waals surface area (Å²) in [6, 6.07) is 7.72. The molecule has 22 heavy (non-hydrogen) atoms. The van der Waals surface area contributed by atoms with E-state index in [9.17, 15) is 4.79 Å². The lowest BCUT2D eigenvalue weighted by Crippen LogP contribution is -2.35. The van der Waals surface area contributed by atoms with Crippen LogP contribution in [-0.2, 0) is 16.0 Å². The van der Waals surface area contributed by atoms with Crippen LogP contribution in [0.25, 0.3) is 11.0 Å². The molecule has 0 aliphatic heterocycles. The zero-order valence-electron chi connectivity index (χ0n) is 13.9. The van der Waals surface area contributed by atoms with E-state index >= 15 is 0 Å². The van der Waals surface area contributed by atoms with Gasteiger partial charge in [0.25, 0.3) is 0 Å². The van der Waals surface area contributed by atoms with E-state index in [0.29, 0.717) is 13.2 Å². The van der Waals surface area contributed by atoms with Crippen LogP contribution in [-0.4, -0.2) is 47.7 Å². The highest BCUT2D eigenvalue weighted by Crippen LogP contribution is 2.23. The Labute approximate surface area is 131 Å². The van der Waals surface area contributed by atoms with Gasteiger partial charge >= 0.3 is 0 Å². The molecule has 1 aromatic heterocycles. The lowest BCUT2D eigenvalue weighted by Gasteiger charge is -2.23. The molecule has 1 heterocycles. The van der Waals surface area contributed by atoms with Crippen LogP contribution in [0.3, 0.4) is 0 Å². The van der Waals surface area contributed by atoms with E-state index < -0.39 is 0 Å². The zero-order chi connectivity index (χ0) is 16.1. The topological polar surface area (TPSA) is 47.4 Å². The molecular formula is C17H25N3O2. The van der Waals surface area contributed by atoms with Crippen molar-refractivity contribution < 1.29 is 9.53 Å². The molecule has 1 aromatic carbocycles. The zero-order valence-corrected chi connectivity index (χ0v) is 13.9. The van der Waals surface area contributed by atoms with E-state index in [1.165, 1.54) is 0 Å². The second-order valence-corrected chi connectivity index (χ2v) is 5.57. The van der Waals surface area contributed by atoms with E-state index in [1.807, 2.05) is 38.2 Å². The number of para-hydroxylation sites is 2. The maximum absolute atomic E-state index is 12.7. The number of hydrogen-bond donors (Lipinski definition) is 0. The van der Waals surface area contributed by atoms with Gasteiger partial charge in [-0.05, 0) is 25.5 Å². The average Bonchev–Trinajstić information content (AvgIpc) is 2.89. The summed E-state index contributed by atoms with van der Waals surface area (Å²) in [6.45, 7) is 5.21. The van der Waals surface area contributed by atoms with Crippen LogP contribution in [0.15, 0.2) is 24.3 Å². The monoisotopic (exact) mass is 303 g/mol. The first-order valence-corrected chi connectivity index (χ1v) is 7.79. The Hall–Kier alpha value is -1.88. The molecule has 0 saturated carbocycles. The van der Waals surface area contributed by atoms with Gasteiger partial charge in [-0.2, -0.15) is 0 Å². The molecule has 2 aromatic rings. The van der Waals surface area contributed by atoms with Crippen LogP contribution >= 0.6 is 0 Å². The van der Waals surface area contributed by atoms with E-state index in [1.54, 1.807) is 12.0 Å². The van der Waals surface area contributed by atoms with Crippen LogP contribution in [0, 0.1) is 0 Å². The number of hydrogen-bond acceptors (Lipinski definition) is 3. The largest absolute Gasteiger partial charge is 0.383 e. The SMILES string of the molecule is CCCc1nc2ccccc2n1[C@H](C)C(=O)N(C)CCOC. The smallest absolute Gasteiger partial charge is 0.245 e.